The summed E-state index contributed by atoms with van der Waals surface area (Å²) in [6, 6.07) is 9.06. The van der Waals surface area contributed by atoms with Crippen LogP contribution in [0.15, 0.2) is 41.3 Å². The van der Waals surface area contributed by atoms with Crippen molar-refractivity contribution in [2.75, 3.05) is 14.1 Å². The molecule has 0 bridgehead atoms. The summed E-state index contributed by atoms with van der Waals surface area (Å²) in [5, 5.41) is 6.67. The third kappa shape index (κ3) is 3.17. The number of aromatic nitrogens is 4. The van der Waals surface area contributed by atoms with Crippen molar-refractivity contribution in [3.63, 3.8) is 0 Å². The van der Waals surface area contributed by atoms with Crippen LogP contribution in [0.5, 0.6) is 0 Å². The topological polar surface area (TPSA) is 73.0 Å². The molecule has 0 fully saturated rings. The van der Waals surface area contributed by atoms with Gasteiger partial charge in [-0.3, -0.25) is 14.6 Å². The molecule has 7 nitrogen and oxygen atoms in total. The van der Waals surface area contributed by atoms with Crippen molar-refractivity contribution in [2.24, 2.45) is 7.05 Å². The Morgan fingerprint density at radius 3 is 2.62 bits per heavy atom. The Bertz CT molecular complexity index is 1320. The van der Waals surface area contributed by atoms with E-state index in [1.54, 1.807) is 32.4 Å². The van der Waals surface area contributed by atoms with Gasteiger partial charge in [0.1, 0.15) is 5.52 Å². The summed E-state index contributed by atoms with van der Waals surface area (Å²) < 4.78 is 3.12. The maximum atomic E-state index is 13.4. The first kappa shape index (κ1) is 19.1. The van der Waals surface area contributed by atoms with E-state index in [1.165, 1.54) is 9.58 Å². The minimum absolute atomic E-state index is 0.0742. The Labute approximate surface area is 172 Å². The fourth-order valence-corrected chi connectivity index (χ4v) is 3.62. The second-order valence-corrected chi connectivity index (χ2v) is 7.67. The summed E-state index contributed by atoms with van der Waals surface area (Å²) in [5.41, 5.74) is 2.92. The maximum Gasteiger partial charge on any atom is 0.296 e. The summed E-state index contributed by atoms with van der Waals surface area (Å²) in [6.07, 6.45) is 1.68. The van der Waals surface area contributed by atoms with E-state index < -0.39 is 0 Å². The van der Waals surface area contributed by atoms with Crippen LogP contribution < -0.4 is 5.56 Å². The number of carbonyl (C=O) groups excluding carboxylic acids is 1. The van der Waals surface area contributed by atoms with Gasteiger partial charge < -0.3 is 9.47 Å². The van der Waals surface area contributed by atoms with E-state index in [0.717, 1.165) is 16.6 Å². The molecule has 0 unspecified atom stereocenters. The summed E-state index contributed by atoms with van der Waals surface area (Å²) in [7, 11) is 5.21. The molecule has 29 heavy (non-hydrogen) atoms. The van der Waals surface area contributed by atoms with E-state index in [2.05, 4.69) is 10.1 Å². The van der Waals surface area contributed by atoms with Gasteiger partial charge in [0, 0.05) is 42.6 Å². The van der Waals surface area contributed by atoms with E-state index >= 15 is 0 Å². The fraction of sp³-hybridized carbons (Fsp3) is 0.238. The van der Waals surface area contributed by atoms with Crippen LogP contribution in [0.4, 0.5) is 0 Å². The first-order valence-corrected chi connectivity index (χ1v) is 9.48. The van der Waals surface area contributed by atoms with Crippen LogP contribution in [-0.2, 0) is 18.3 Å². The highest BCUT2D eigenvalue weighted by atomic mass is 35.5. The molecule has 148 valence electrons. The van der Waals surface area contributed by atoms with Crippen LogP contribution in [-0.4, -0.2) is 44.2 Å². The fourth-order valence-electron chi connectivity index (χ4n) is 3.45. The second-order valence-electron chi connectivity index (χ2n) is 7.23. The van der Waals surface area contributed by atoms with E-state index in [1.807, 2.05) is 36.7 Å². The summed E-state index contributed by atoms with van der Waals surface area (Å²) in [6.45, 7) is 1.87. The van der Waals surface area contributed by atoms with Gasteiger partial charge in [-0.15, -0.1) is 0 Å². The molecule has 3 aromatic heterocycles. The standard InChI is InChI=1S/C21H20ClN5O2/c1-12-5-7-14(11-23-12)27-21(29)20-19(16(24-27)10-18(28)25(2)3)15-8-6-13(22)9-17(15)26(20)4/h5-9,11H,10H2,1-4H3. The molecular weight excluding hydrogens is 390 g/mol. The molecule has 1 aromatic carbocycles. The molecule has 8 heteroatoms. The van der Waals surface area contributed by atoms with Crippen molar-refractivity contribution in [1.29, 1.82) is 0 Å². The molecule has 4 rings (SSSR count). The number of nitrogens with zero attached hydrogens (tertiary/aromatic N) is 5. The molecule has 0 atom stereocenters. The molecule has 0 aliphatic heterocycles. The van der Waals surface area contributed by atoms with Gasteiger partial charge in [-0.1, -0.05) is 17.7 Å². The highest BCUT2D eigenvalue weighted by Gasteiger charge is 2.21. The van der Waals surface area contributed by atoms with Gasteiger partial charge in [-0.05, 0) is 31.2 Å². The number of amides is 1. The maximum absolute atomic E-state index is 13.4. The van der Waals surface area contributed by atoms with E-state index in [-0.39, 0.29) is 17.9 Å². The predicted octanol–water partition coefficient (Wildman–Crippen LogP) is 2.86. The predicted molar refractivity (Wildman–Crippen MR) is 114 cm³/mol. The zero-order valence-electron chi connectivity index (χ0n) is 16.6. The SMILES string of the molecule is Cc1ccc(-n2nc(CC(=O)N(C)C)c3c4ccc(Cl)cc4n(C)c3c2=O)cn1. The quantitative estimate of drug-likeness (QED) is 0.521. The molecule has 0 aliphatic rings. The molecule has 0 saturated carbocycles. The number of carbonyl (C=O) groups is 1. The summed E-state index contributed by atoms with van der Waals surface area (Å²) in [5.74, 6) is -0.100. The first-order valence-electron chi connectivity index (χ1n) is 9.11. The van der Waals surface area contributed by atoms with Crippen molar-refractivity contribution in [1.82, 2.24) is 24.2 Å². The molecule has 1 amide bonds. The van der Waals surface area contributed by atoms with Crippen LogP contribution in [0.1, 0.15) is 11.4 Å². The Kier molecular flexibility index (Phi) is 4.62. The molecule has 4 aromatic rings. The number of rotatable bonds is 3. The average Bonchev–Trinajstić information content (AvgIpc) is 2.97. The highest BCUT2D eigenvalue weighted by molar-refractivity contribution is 6.31. The number of hydrogen-bond donors (Lipinski definition) is 0. The van der Waals surface area contributed by atoms with Gasteiger partial charge in [0.05, 0.1) is 29.5 Å². The third-order valence-electron chi connectivity index (χ3n) is 5.02. The van der Waals surface area contributed by atoms with Crippen molar-refractivity contribution < 1.29 is 4.79 Å². The van der Waals surface area contributed by atoms with Gasteiger partial charge >= 0.3 is 0 Å². The molecule has 3 heterocycles. The molecular formula is C21H20ClN5O2. The Morgan fingerprint density at radius 2 is 1.97 bits per heavy atom. The lowest BCUT2D eigenvalue weighted by Crippen LogP contribution is -2.28. The van der Waals surface area contributed by atoms with Crippen molar-refractivity contribution in [3.05, 3.63) is 63.3 Å². The second kappa shape index (κ2) is 7.00. The lowest BCUT2D eigenvalue weighted by Gasteiger charge is -2.13. The number of benzene rings is 1. The molecule has 0 N–H and O–H groups in total. The number of aryl methyl sites for hydroxylation is 2. The number of fused-ring (bicyclic) bond motifs is 3. The highest BCUT2D eigenvalue weighted by Crippen LogP contribution is 2.30. The van der Waals surface area contributed by atoms with Gasteiger partial charge in [0.15, 0.2) is 0 Å². The van der Waals surface area contributed by atoms with Crippen molar-refractivity contribution in [3.8, 4) is 5.69 Å². The van der Waals surface area contributed by atoms with Crippen molar-refractivity contribution in [2.45, 2.75) is 13.3 Å². The normalized spacial score (nSPS) is 11.3. The molecule has 0 radical (unpaired) electrons. The van der Waals surface area contributed by atoms with Crippen LogP contribution in [0, 0.1) is 6.92 Å². The smallest absolute Gasteiger partial charge is 0.296 e. The van der Waals surface area contributed by atoms with Crippen molar-refractivity contribution >= 4 is 39.3 Å². The number of halogens is 1. The number of likely N-dealkylation sites (N-methyl/N-ethyl adjacent to an activating group) is 1. The summed E-state index contributed by atoms with van der Waals surface area (Å²) in [4.78, 5) is 31.7. The van der Waals surface area contributed by atoms with Gasteiger partial charge in [0.2, 0.25) is 5.91 Å². The van der Waals surface area contributed by atoms with Crippen LogP contribution >= 0.6 is 11.6 Å². The zero-order valence-corrected chi connectivity index (χ0v) is 17.4. The van der Waals surface area contributed by atoms with E-state index in [4.69, 9.17) is 11.6 Å². The molecule has 0 saturated heterocycles. The first-order chi connectivity index (χ1) is 13.8. The zero-order chi connectivity index (χ0) is 20.9. The van der Waals surface area contributed by atoms with Crippen LogP contribution in [0.3, 0.4) is 0 Å². The summed E-state index contributed by atoms with van der Waals surface area (Å²) >= 11 is 6.18. The largest absolute Gasteiger partial charge is 0.348 e. The minimum Gasteiger partial charge on any atom is -0.348 e. The Balaban J connectivity index is 2.11. The number of hydrogen-bond acceptors (Lipinski definition) is 4. The minimum atomic E-state index is -0.276. The molecule has 0 spiro atoms. The third-order valence-corrected chi connectivity index (χ3v) is 5.26. The van der Waals surface area contributed by atoms with Gasteiger partial charge in [0.25, 0.3) is 5.56 Å². The lowest BCUT2D eigenvalue weighted by molar-refractivity contribution is -0.128. The number of pyridine rings is 1. The van der Waals surface area contributed by atoms with Gasteiger partial charge in [-0.25, -0.2) is 0 Å². The van der Waals surface area contributed by atoms with E-state index in [9.17, 15) is 9.59 Å². The van der Waals surface area contributed by atoms with Crippen LogP contribution in [0.25, 0.3) is 27.5 Å². The Hall–Kier alpha value is -3.19. The molecule has 0 aliphatic carbocycles. The van der Waals surface area contributed by atoms with Gasteiger partial charge in [-0.2, -0.15) is 9.78 Å². The van der Waals surface area contributed by atoms with Crippen LogP contribution in [0.2, 0.25) is 5.02 Å². The average molecular weight is 410 g/mol. The monoisotopic (exact) mass is 409 g/mol. The lowest BCUT2D eigenvalue weighted by atomic mass is 10.1. The Morgan fingerprint density at radius 1 is 1.21 bits per heavy atom. The van der Waals surface area contributed by atoms with E-state index in [0.29, 0.717) is 27.3 Å².